The molecule has 0 saturated carbocycles. The molecule has 3 aromatic rings. The maximum Gasteiger partial charge on any atom is 0.306 e. The third-order valence-corrected chi connectivity index (χ3v) is 5.86. The van der Waals surface area contributed by atoms with E-state index in [-0.39, 0.29) is 17.5 Å². The number of carbonyl (C=O) groups is 1. The number of hydrogen-bond acceptors (Lipinski definition) is 6. The van der Waals surface area contributed by atoms with Crippen LogP contribution in [0.4, 0.5) is 10.2 Å². The first-order valence-electron chi connectivity index (χ1n) is 10.5. The molecule has 2 atom stereocenters. The first-order valence-corrected chi connectivity index (χ1v) is 10.5. The zero-order chi connectivity index (χ0) is 22.0. The molecule has 1 fully saturated rings. The number of halogens is 1. The van der Waals surface area contributed by atoms with Gasteiger partial charge >= 0.3 is 5.97 Å². The van der Waals surface area contributed by atoms with E-state index in [1.165, 1.54) is 12.3 Å². The van der Waals surface area contributed by atoms with Gasteiger partial charge in [-0.25, -0.2) is 9.37 Å². The molecule has 8 heteroatoms. The van der Waals surface area contributed by atoms with Crippen LogP contribution in [0, 0.1) is 11.7 Å². The summed E-state index contributed by atoms with van der Waals surface area (Å²) in [6.45, 7) is 3.18. The molecule has 1 aliphatic rings. The number of furan rings is 1. The van der Waals surface area contributed by atoms with Gasteiger partial charge in [0.25, 0.3) is 0 Å². The number of ether oxygens (including phenoxy) is 1. The lowest BCUT2D eigenvalue weighted by Gasteiger charge is -2.38. The van der Waals surface area contributed by atoms with Gasteiger partial charge in [0.2, 0.25) is 0 Å². The van der Waals surface area contributed by atoms with Crippen molar-refractivity contribution in [2.75, 3.05) is 25.2 Å². The van der Waals surface area contributed by atoms with Crippen molar-refractivity contribution >= 4 is 22.8 Å². The van der Waals surface area contributed by atoms with E-state index < -0.39 is 11.8 Å². The summed E-state index contributed by atoms with van der Waals surface area (Å²) < 4.78 is 25.0. The Morgan fingerprint density at radius 3 is 3.00 bits per heavy atom. The Morgan fingerprint density at radius 2 is 2.26 bits per heavy atom. The molecular formula is C23H26FN3O4. The zero-order valence-corrected chi connectivity index (χ0v) is 17.7. The second-order valence-corrected chi connectivity index (χ2v) is 8.03. The van der Waals surface area contributed by atoms with Gasteiger partial charge in [-0.2, -0.15) is 0 Å². The zero-order valence-electron chi connectivity index (χ0n) is 17.7. The largest absolute Gasteiger partial charge is 0.481 e. The number of nitrogens with zero attached hydrogens (tertiary/aromatic N) is 3. The number of methoxy groups -OCH3 is 1. The fourth-order valence-corrected chi connectivity index (χ4v) is 4.22. The van der Waals surface area contributed by atoms with Crippen LogP contribution in [0.25, 0.3) is 22.2 Å². The summed E-state index contributed by atoms with van der Waals surface area (Å²) in [5, 5.41) is 10.1. The molecule has 0 radical (unpaired) electrons. The van der Waals surface area contributed by atoms with E-state index in [1.807, 2.05) is 13.0 Å². The van der Waals surface area contributed by atoms with Crippen molar-refractivity contribution in [2.24, 2.45) is 5.92 Å². The number of benzene rings is 1. The van der Waals surface area contributed by atoms with Gasteiger partial charge in [0.05, 0.1) is 17.9 Å². The molecule has 1 saturated heterocycles. The van der Waals surface area contributed by atoms with Gasteiger partial charge < -0.3 is 19.2 Å². The lowest BCUT2D eigenvalue weighted by Crippen LogP contribution is -2.43. The highest BCUT2D eigenvalue weighted by atomic mass is 19.1. The Morgan fingerprint density at radius 1 is 1.42 bits per heavy atom. The molecule has 4 rings (SSSR count). The fraction of sp³-hybridized carbons (Fsp3) is 0.435. The van der Waals surface area contributed by atoms with E-state index in [0.717, 1.165) is 12.1 Å². The first-order chi connectivity index (χ1) is 15.0. The Labute approximate surface area is 179 Å². The van der Waals surface area contributed by atoms with Crippen LogP contribution in [0.5, 0.6) is 0 Å². The number of aliphatic carboxylic acids is 1. The normalized spacial score (nSPS) is 19.1. The van der Waals surface area contributed by atoms with Crippen molar-refractivity contribution in [3.05, 3.63) is 42.2 Å². The highest BCUT2D eigenvalue weighted by Crippen LogP contribution is 2.35. The van der Waals surface area contributed by atoms with Crippen molar-refractivity contribution in [3.8, 4) is 11.3 Å². The molecule has 0 bridgehead atoms. The number of carboxylic acids is 1. The summed E-state index contributed by atoms with van der Waals surface area (Å²) in [5.41, 5.74) is 2.24. The molecule has 1 aromatic carbocycles. The van der Waals surface area contributed by atoms with Gasteiger partial charge in [-0.1, -0.05) is 0 Å². The minimum atomic E-state index is -0.765. The molecule has 164 valence electrons. The fourth-order valence-electron chi connectivity index (χ4n) is 4.22. The number of fused-ring (bicyclic) bond motifs is 1. The second-order valence-electron chi connectivity index (χ2n) is 8.03. The van der Waals surface area contributed by atoms with E-state index >= 15 is 0 Å². The number of aromatic nitrogens is 2. The van der Waals surface area contributed by atoms with Crippen LogP contribution in [0.15, 0.2) is 35.1 Å². The molecule has 2 aromatic heterocycles. The predicted octanol–water partition coefficient (Wildman–Crippen LogP) is 4.30. The molecule has 31 heavy (non-hydrogen) atoms. The topological polar surface area (TPSA) is 88.7 Å². The van der Waals surface area contributed by atoms with Crippen LogP contribution in [0.1, 0.15) is 31.9 Å². The Hall–Kier alpha value is -3.00. The second kappa shape index (κ2) is 9.01. The van der Waals surface area contributed by atoms with Crippen molar-refractivity contribution in [1.82, 2.24) is 9.97 Å². The molecular weight excluding hydrogens is 401 g/mol. The quantitative estimate of drug-likeness (QED) is 0.563. The van der Waals surface area contributed by atoms with Crippen molar-refractivity contribution in [2.45, 2.75) is 38.6 Å². The lowest BCUT2D eigenvalue weighted by molar-refractivity contribution is -0.142. The SMILES string of the molecule is COCCCc1cnc(-c2cc(F)c3occc3c2)c(N2CC[C@@H](C(=O)O)C[C@@H]2C)n1. The van der Waals surface area contributed by atoms with Crippen molar-refractivity contribution in [1.29, 1.82) is 0 Å². The summed E-state index contributed by atoms with van der Waals surface area (Å²) in [5.74, 6) is -0.925. The van der Waals surface area contributed by atoms with Gasteiger partial charge in [0.15, 0.2) is 17.2 Å². The predicted molar refractivity (Wildman–Crippen MR) is 115 cm³/mol. The molecule has 1 aliphatic heterocycles. The number of rotatable bonds is 7. The summed E-state index contributed by atoms with van der Waals surface area (Å²) in [4.78, 5) is 23.1. The lowest BCUT2D eigenvalue weighted by atomic mass is 9.91. The van der Waals surface area contributed by atoms with Crippen LogP contribution in [0.2, 0.25) is 0 Å². The molecule has 7 nitrogen and oxygen atoms in total. The molecule has 0 aliphatic carbocycles. The van der Waals surface area contributed by atoms with E-state index in [4.69, 9.17) is 14.1 Å². The third-order valence-electron chi connectivity index (χ3n) is 5.86. The summed E-state index contributed by atoms with van der Waals surface area (Å²) in [7, 11) is 1.66. The van der Waals surface area contributed by atoms with Crippen molar-refractivity contribution < 1.29 is 23.4 Å². The molecule has 0 spiro atoms. The van der Waals surface area contributed by atoms with Gasteiger partial charge in [0, 0.05) is 43.4 Å². The highest BCUT2D eigenvalue weighted by Gasteiger charge is 2.32. The molecule has 0 unspecified atom stereocenters. The summed E-state index contributed by atoms with van der Waals surface area (Å²) in [6, 6.07) is 4.95. The minimum absolute atomic E-state index is 0.0281. The average Bonchev–Trinajstić information content (AvgIpc) is 3.23. The Bertz CT molecular complexity index is 1080. The van der Waals surface area contributed by atoms with Crippen LogP contribution in [-0.4, -0.2) is 47.3 Å². The molecule has 3 heterocycles. The van der Waals surface area contributed by atoms with E-state index in [2.05, 4.69) is 9.88 Å². The van der Waals surface area contributed by atoms with E-state index in [0.29, 0.717) is 54.9 Å². The van der Waals surface area contributed by atoms with Gasteiger partial charge in [-0.05, 0) is 50.8 Å². The summed E-state index contributed by atoms with van der Waals surface area (Å²) >= 11 is 0. The van der Waals surface area contributed by atoms with Gasteiger partial charge in [0.1, 0.15) is 5.69 Å². The minimum Gasteiger partial charge on any atom is -0.481 e. The van der Waals surface area contributed by atoms with Gasteiger partial charge in [-0.3, -0.25) is 9.78 Å². The number of carboxylic acid groups (broad SMARTS) is 1. The van der Waals surface area contributed by atoms with Crippen LogP contribution < -0.4 is 4.90 Å². The summed E-state index contributed by atoms with van der Waals surface area (Å²) in [6.07, 6.45) is 5.77. The maximum absolute atomic E-state index is 14.6. The maximum atomic E-state index is 14.6. The van der Waals surface area contributed by atoms with E-state index in [9.17, 15) is 14.3 Å². The number of aryl methyl sites for hydroxylation is 1. The average molecular weight is 427 g/mol. The van der Waals surface area contributed by atoms with Crippen LogP contribution in [0.3, 0.4) is 0 Å². The molecule has 1 N–H and O–H groups in total. The van der Waals surface area contributed by atoms with Crippen LogP contribution in [-0.2, 0) is 16.0 Å². The van der Waals surface area contributed by atoms with E-state index in [1.54, 1.807) is 19.4 Å². The van der Waals surface area contributed by atoms with Crippen LogP contribution >= 0.6 is 0 Å². The number of anilines is 1. The monoisotopic (exact) mass is 427 g/mol. The smallest absolute Gasteiger partial charge is 0.306 e. The third kappa shape index (κ3) is 4.39. The number of piperidine rings is 1. The Balaban J connectivity index is 1.74. The van der Waals surface area contributed by atoms with Crippen molar-refractivity contribution in [3.63, 3.8) is 0 Å². The number of hydrogen-bond donors (Lipinski definition) is 1. The standard InChI is InChI=1S/C23H26FN3O4/c1-14-10-16(23(28)29)5-7-27(14)22-20(25-13-18(26-22)4-3-8-30-2)17-11-15-6-9-31-21(15)19(24)12-17/h6,9,11-14,16H,3-5,7-8,10H2,1-2H3,(H,28,29)/t14-,16+/m0/s1. The van der Waals surface area contributed by atoms with Gasteiger partial charge in [-0.15, -0.1) is 0 Å². The molecule has 0 amide bonds. The Kier molecular flexibility index (Phi) is 6.18. The first kappa shape index (κ1) is 21.2. The highest BCUT2D eigenvalue weighted by molar-refractivity contribution is 5.85.